The van der Waals surface area contributed by atoms with Crippen molar-refractivity contribution in [2.24, 2.45) is 17.8 Å². The average molecular weight is 499 g/mol. The zero-order valence-corrected chi connectivity index (χ0v) is 21.1. The van der Waals surface area contributed by atoms with E-state index in [1.165, 1.54) is 4.90 Å². The van der Waals surface area contributed by atoms with Crippen molar-refractivity contribution < 1.29 is 24.2 Å². The summed E-state index contributed by atoms with van der Waals surface area (Å²) in [6.07, 6.45) is 1.63. The smallest absolute Gasteiger partial charge is 0.247 e. The number of hydrogen-bond acceptors (Lipinski definition) is 7. The average Bonchev–Trinajstić information content (AvgIpc) is 3.60. The van der Waals surface area contributed by atoms with Crippen LogP contribution in [0.3, 0.4) is 0 Å². The molecular formula is C25H34N6O5. The van der Waals surface area contributed by atoms with Crippen LogP contribution in [-0.4, -0.2) is 79.7 Å². The van der Waals surface area contributed by atoms with Crippen molar-refractivity contribution in [3.63, 3.8) is 0 Å². The summed E-state index contributed by atoms with van der Waals surface area (Å²) < 4.78 is 8.26. The number of carbonyl (C=O) groups is 3. The number of rotatable bonds is 8. The highest BCUT2D eigenvalue weighted by Gasteiger charge is 2.79. The summed E-state index contributed by atoms with van der Waals surface area (Å²) in [6, 6.07) is 5.86. The zero-order valence-electron chi connectivity index (χ0n) is 21.1. The number of ether oxygens (including phenoxy) is 1. The summed E-state index contributed by atoms with van der Waals surface area (Å²) in [5.41, 5.74) is -0.452. The number of fused-ring (bicyclic) bond motifs is 2. The van der Waals surface area contributed by atoms with E-state index < -0.39 is 41.0 Å². The number of aromatic nitrogens is 3. The Balaban J connectivity index is 1.53. The molecule has 4 heterocycles. The highest BCUT2D eigenvalue weighted by Crippen LogP contribution is 2.64. The van der Waals surface area contributed by atoms with Gasteiger partial charge in [0.1, 0.15) is 23.8 Å². The molecule has 0 saturated carbocycles. The molecule has 3 amide bonds. The third kappa shape index (κ3) is 3.28. The fraction of sp³-hybridized carbons (Fsp3) is 0.640. The molecule has 2 bridgehead atoms. The van der Waals surface area contributed by atoms with Gasteiger partial charge in [-0.05, 0) is 37.3 Å². The van der Waals surface area contributed by atoms with Gasteiger partial charge >= 0.3 is 0 Å². The van der Waals surface area contributed by atoms with Crippen LogP contribution in [0.4, 0.5) is 0 Å². The number of amides is 3. The van der Waals surface area contributed by atoms with Gasteiger partial charge in [0.15, 0.2) is 0 Å². The Hall–Kier alpha value is -3.05. The van der Waals surface area contributed by atoms with Gasteiger partial charge in [-0.2, -0.15) is 0 Å². The Bertz CT molecular complexity index is 1200. The Kier molecular flexibility index (Phi) is 6.03. The summed E-state index contributed by atoms with van der Waals surface area (Å²) in [5, 5.41) is 24.2. The van der Waals surface area contributed by atoms with Crippen molar-refractivity contribution in [1.82, 2.24) is 30.5 Å². The largest absolute Gasteiger partial charge is 0.394 e. The van der Waals surface area contributed by atoms with Crippen molar-refractivity contribution in [3.8, 4) is 0 Å². The molecule has 1 aromatic carbocycles. The van der Waals surface area contributed by atoms with Gasteiger partial charge in [-0.3, -0.25) is 14.4 Å². The predicted octanol–water partition coefficient (Wildman–Crippen LogP) is 0.423. The SMILES string of the molecule is CC[C@]12CCC3(O1)C(C(=O)NCn1nnc4ccccc41)N([C@@H](CO)C(C)C)C(=O)[C@@H]3[C@H]2C(=O)NC. The van der Waals surface area contributed by atoms with Gasteiger partial charge in [0.25, 0.3) is 0 Å². The van der Waals surface area contributed by atoms with E-state index in [4.69, 9.17) is 4.74 Å². The number of carbonyl (C=O) groups excluding carboxylic acids is 3. The standard InChI is InChI=1S/C25H34N6O5/c1-5-24-10-11-25(36-24)19(18(24)21(33)26-4)23(35)31(17(12-32)14(2)3)20(25)22(34)27-13-30-16-9-7-6-8-15(16)28-29-30/h6-9,14,17-20,32H,5,10-13H2,1-4H3,(H,26,33)(H,27,34)/t17-,18-,19-,20?,24+,25?/m0/s1. The molecule has 194 valence electrons. The normalized spacial score (nSPS) is 31.8. The van der Waals surface area contributed by atoms with Crippen LogP contribution in [-0.2, 0) is 25.8 Å². The van der Waals surface area contributed by atoms with Gasteiger partial charge in [0, 0.05) is 7.05 Å². The van der Waals surface area contributed by atoms with Crippen LogP contribution in [0.25, 0.3) is 11.0 Å². The molecule has 3 aliphatic heterocycles. The number of benzene rings is 1. The Labute approximate surface area is 209 Å². The minimum Gasteiger partial charge on any atom is -0.394 e. The van der Waals surface area contributed by atoms with Crippen molar-refractivity contribution >= 4 is 28.8 Å². The maximum atomic E-state index is 14.0. The predicted molar refractivity (Wildman–Crippen MR) is 129 cm³/mol. The monoisotopic (exact) mass is 498 g/mol. The molecule has 3 N–H and O–H groups in total. The number of nitrogens with one attached hydrogen (secondary N) is 2. The first-order chi connectivity index (χ1) is 17.2. The lowest BCUT2D eigenvalue weighted by atomic mass is 9.65. The molecule has 2 unspecified atom stereocenters. The maximum absolute atomic E-state index is 14.0. The quantitative estimate of drug-likeness (QED) is 0.480. The Morgan fingerprint density at radius 3 is 2.67 bits per heavy atom. The van der Waals surface area contributed by atoms with Crippen LogP contribution in [0.2, 0.25) is 0 Å². The van der Waals surface area contributed by atoms with Gasteiger partial charge in [0.05, 0.1) is 35.6 Å². The van der Waals surface area contributed by atoms with E-state index in [-0.39, 0.29) is 31.0 Å². The molecule has 2 aromatic rings. The summed E-state index contributed by atoms with van der Waals surface area (Å²) in [5.74, 6) is -2.55. The zero-order chi connectivity index (χ0) is 25.8. The second-order valence-electron chi connectivity index (χ2n) is 10.5. The molecule has 0 radical (unpaired) electrons. The Morgan fingerprint density at radius 2 is 2.00 bits per heavy atom. The van der Waals surface area contributed by atoms with E-state index in [0.717, 1.165) is 5.52 Å². The van der Waals surface area contributed by atoms with E-state index in [1.807, 2.05) is 45.0 Å². The maximum Gasteiger partial charge on any atom is 0.247 e. The minimum atomic E-state index is -1.14. The lowest BCUT2D eigenvalue weighted by molar-refractivity contribution is -0.152. The molecule has 3 aliphatic rings. The molecular weight excluding hydrogens is 464 g/mol. The molecule has 11 heteroatoms. The first kappa shape index (κ1) is 24.6. The lowest BCUT2D eigenvalue weighted by Crippen LogP contribution is -2.59. The molecule has 3 fully saturated rings. The number of para-hydroxylation sites is 1. The number of nitrogens with zero attached hydrogens (tertiary/aromatic N) is 4. The van der Waals surface area contributed by atoms with Crippen molar-refractivity contribution in [2.75, 3.05) is 13.7 Å². The van der Waals surface area contributed by atoms with E-state index in [9.17, 15) is 19.5 Å². The van der Waals surface area contributed by atoms with Crippen LogP contribution in [0, 0.1) is 17.8 Å². The van der Waals surface area contributed by atoms with E-state index in [1.54, 1.807) is 11.7 Å². The highest BCUT2D eigenvalue weighted by atomic mass is 16.5. The first-order valence-corrected chi connectivity index (χ1v) is 12.7. The lowest BCUT2D eigenvalue weighted by Gasteiger charge is -2.38. The number of aliphatic hydroxyl groups is 1. The van der Waals surface area contributed by atoms with Crippen LogP contribution < -0.4 is 10.6 Å². The third-order valence-electron chi connectivity index (χ3n) is 8.53. The molecule has 1 aromatic heterocycles. The van der Waals surface area contributed by atoms with Gasteiger partial charge in [-0.1, -0.05) is 38.1 Å². The molecule has 11 nitrogen and oxygen atoms in total. The van der Waals surface area contributed by atoms with Crippen LogP contribution >= 0.6 is 0 Å². The number of aliphatic hydroxyl groups excluding tert-OH is 1. The topological polar surface area (TPSA) is 139 Å². The number of hydrogen-bond donors (Lipinski definition) is 3. The molecule has 6 atom stereocenters. The minimum absolute atomic E-state index is 0.0574. The van der Waals surface area contributed by atoms with E-state index >= 15 is 0 Å². The fourth-order valence-corrected chi connectivity index (χ4v) is 6.77. The van der Waals surface area contributed by atoms with Crippen molar-refractivity contribution in [3.05, 3.63) is 24.3 Å². The van der Waals surface area contributed by atoms with E-state index in [0.29, 0.717) is 24.8 Å². The van der Waals surface area contributed by atoms with Crippen LogP contribution in [0.15, 0.2) is 24.3 Å². The molecule has 1 spiro atoms. The second kappa shape index (κ2) is 8.81. The second-order valence-corrected chi connectivity index (χ2v) is 10.5. The summed E-state index contributed by atoms with van der Waals surface area (Å²) in [7, 11) is 1.55. The summed E-state index contributed by atoms with van der Waals surface area (Å²) in [4.78, 5) is 42.5. The molecule has 3 saturated heterocycles. The number of likely N-dealkylation sites (tertiary alicyclic amines) is 1. The molecule has 5 rings (SSSR count). The highest BCUT2D eigenvalue weighted by molar-refractivity contribution is 5.99. The summed E-state index contributed by atoms with van der Waals surface area (Å²) >= 11 is 0. The summed E-state index contributed by atoms with van der Waals surface area (Å²) in [6.45, 7) is 5.51. The van der Waals surface area contributed by atoms with Gasteiger partial charge in [-0.25, -0.2) is 4.68 Å². The van der Waals surface area contributed by atoms with Gasteiger partial charge in [-0.15, -0.1) is 5.10 Å². The fourth-order valence-electron chi connectivity index (χ4n) is 6.77. The first-order valence-electron chi connectivity index (χ1n) is 12.7. The van der Waals surface area contributed by atoms with Gasteiger partial charge < -0.3 is 25.4 Å². The van der Waals surface area contributed by atoms with E-state index in [2.05, 4.69) is 20.9 Å². The molecule has 0 aliphatic carbocycles. The van der Waals surface area contributed by atoms with Crippen LogP contribution in [0.5, 0.6) is 0 Å². The van der Waals surface area contributed by atoms with Crippen molar-refractivity contribution in [2.45, 2.75) is 70.0 Å². The third-order valence-corrected chi connectivity index (χ3v) is 8.53. The Morgan fingerprint density at radius 1 is 1.25 bits per heavy atom. The van der Waals surface area contributed by atoms with Crippen molar-refractivity contribution in [1.29, 1.82) is 0 Å². The molecule has 36 heavy (non-hydrogen) atoms. The van der Waals surface area contributed by atoms with Gasteiger partial charge in [0.2, 0.25) is 17.7 Å². The van der Waals surface area contributed by atoms with Crippen LogP contribution in [0.1, 0.15) is 40.0 Å².